The first-order valence-corrected chi connectivity index (χ1v) is 8.27. The molecule has 25 heavy (non-hydrogen) atoms. The number of carbonyl (C=O) groups excluding carboxylic acids is 1. The number of benzene rings is 2. The number of hydrogen-bond donors (Lipinski definition) is 3. The quantitative estimate of drug-likeness (QED) is 0.567. The van der Waals surface area contributed by atoms with E-state index in [9.17, 15) is 4.79 Å². The van der Waals surface area contributed by atoms with E-state index in [1.54, 1.807) is 12.1 Å². The number of ether oxygens (including phenoxy) is 2. The summed E-state index contributed by atoms with van der Waals surface area (Å²) in [6.07, 6.45) is -0.745. The van der Waals surface area contributed by atoms with Crippen LogP contribution in [0, 0.1) is 13.8 Å². The molecular formula is C18H19N3O3S. The van der Waals surface area contributed by atoms with Gasteiger partial charge in [-0.1, -0.05) is 24.3 Å². The second-order valence-electron chi connectivity index (χ2n) is 5.68. The zero-order chi connectivity index (χ0) is 17.8. The molecular weight excluding hydrogens is 338 g/mol. The number of amides is 1. The molecule has 130 valence electrons. The van der Waals surface area contributed by atoms with Crippen LogP contribution in [-0.2, 0) is 4.79 Å². The van der Waals surface area contributed by atoms with Gasteiger partial charge in [0.15, 0.2) is 16.6 Å². The molecule has 0 aliphatic carbocycles. The standard InChI is InChI=1S/C18H19N3O3S/c1-11-6-5-7-13(12(11)2)19-18(25)21-20-17(22)16-10-23-14-8-3-4-9-15(14)24-16/h3-9,16H,10H2,1-2H3,(H,20,22)(H2,19,21,25)/t16-/m0/s1. The highest BCUT2D eigenvalue weighted by Crippen LogP contribution is 2.30. The lowest BCUT2D eigenvalue weighted by molar-refractivity contribution is -0.130. The molecule has 3 rings (SSSR count). The Labute approximate surface area is 151 Å². The lowest BCUT2D eigenvalue weighted by atomic mass is 10.1. The molecule has 0 bridgehead atoms. The Hall–Kier alpha value is -2.80. The van der Waals surface area contributed by atoms with Crippen LogP contribution in [0.4, 0.5) is 5.69 Å². The Morgan fingerprint density at radius 1 is 1.08 bits per heavy atom. The molecule has 0 radical (unpaired) electrons. The van der Waals surface area contributed by atoms with Gasteiger partial charge in [-0.2, -0.15) is 0 Å². The molecule has 1 aliphatic rings. The first-order valence-electron chi connectivity index (χ1n) is 7.86. The topological polar surface area (TPSA) is 71.6 Å². The fourth-order valence-electron chi connectivity index (χ4n) is 2.39. The van der Waals surface area contributed by atoms with Crippen molar-refractivity contribution in [3.05, 3.63) is 53.6 Å². The first kappa shape index (κ1) is 17.0. The number of carbonyl (C=O) groups is 1. The number of aryl methyl sites for hydroxylation is 1. The van der Waals surface area contributed by atoms with Gasteiger partial charge in [-0.15, -0.1) is 0 Å². The molecule has 1 atom stereocenters. The van der Waals surface area contributed by atoms with Gasteiger partial charge in [0.05, 0.1) is 0 Å². The maximum atomic E-state index is 12.2. The Morgan fingerprint density at radius 3 is 2.64 bits per heavy atom. The molecule has 1 amide bonds. The van der Waals surface area contributed by atoms with E-state index < -0.39 is 6.10 Å². The third-order valence-corrected chi connectivity index (χ3v) is 4.16. The van der Waals surface area contributed by atoms with Crippen molar-refractivity contribution in [1.82, 2.24) is 10.9 Å². The molecule has 2 aromatic rings. The van der Waals surface area contributed by atoms with Crippen LogP contribution in [0.1, 0.15) is 11.1 Å². The van der Waals surface area contributed by atoms with Crippen LogP contribution < -0.4 is 25.6 Å². The predicted octanol–water partition coefficient (Wildman–Crippen LogP) is 2.46. The number of rotatable bonds is 2. The summed E-state index contributed by atoms with van der Waals surface area (Å²) >= 11 is 5.21. The lowest BCUT2D eigenvalue weighted by Crippen LogP contribution is -2.51. The van der Waals surface area contributed by atoms with Gasteiger partial charge in [-0.05, 0) is 55.4 Å². The Balaban J connectivity index is 1.52. The van der Waals surface area contributed by atoms with Crippen molar-refractivity contribution in [2.24, 2.45) is 0 Å². The molecule has 0 unspecified atom stereocenters. The van der Waals surface area contributed by atoms with Crippen LogP contribution in [0.3, 0.4) is 0 Å². The summed E-state index contributed by atoms with van der Waals surface area (Å²) in [6.45, 7) is 4.17. The average molecular weight is 357 g/mol. The van der Waals surface area contributed by atoms with Gasteiger partial charge in [0.2, 0.25) is 6.10 Å². The van der Waals surface area contributed by atoms with Crippen LogP contribution in [0.25, 0.3) is 0 Å². The van der Waals surface area contributed by atoms with Crippen molar-refractivity contribution >= 4 is 28.9 Å². The molecule has 0 aromatic heterocycles. The fraction of sp³-hybridized carbons (Fsp3) is 0.222. The Bertz CT molecular complexity index is 810. The molecule has 1 heterocycles. The Kier molecular flexibility index (Phi) is 5.04. The highest BCUT2D eigenvalue weighted by Gasteiger charge is 2.27. The van der Waals surface area contributed by atoms with Gasteiger partial charge in [0.25, 0.3) is 5.91 Å². The molecule has 0 spiro atoms. The zero-order valence-corrected chi connectivity index (χ0v) is 14.8. The van der Waals surface area contributed by atoms with Gasteiger partial charge >= 0.3 is 0 Å². The molecule has 0 saturated carbocycles. The summed E-state index contributed by atoms with van der Waals surface area (Å²) in [6, 6.07) is 13.1. The minimum Gasteiger partial charge on any atom is -0.485 e. The number of thiocarbonyl (C=S) groups is 1. The normalized spacial score (nSPS) is 15.2. The highest BCUT2D eigenvalue weighted by molar-refractivity contribution is 7.80. The van der Waals surface area contributed by atoms with E-state index in [0.717, 1.165) is 16.8 Å². The smallest absolute Gasteiger partial charge is 0.283 e. The van der Waals surface area contributed by atoms with E-state index in [4.69, 9.17) is 21.7 Å². The van der Waals surface area contributed by atoms with E-state index in [1.807, 2.05) is 44.2 Å². The number of hydrogen-bond acceptors (Lipinski definition) is 4. The van der Waals surface area contributed by atoms with Crippen LogP contribution in [-0.4, -0.2) is 23.7 Å². The number of hydrazine groups is 1. The largest absolute Gasteiger partial charge is 0.485 e. The third kappa shape index (κ3) is 4.00. The molecule has 6 nitrogen and oxygen atoms in total. The third-order valence-electron chi connectivity index (χ3n) is 3.95. The van der Waals surface area contributed by atoms with Crippen molar-refractivity contribution in [2.45, 2.75) is 20.0 Å². The van der Waals surface area contributed by atoms with Gasteiger partial charge < -0.3 is 14.8 Å². The van der Waals surface area contributed by atoms with E-state index >= 15 is 0 Å². The fourth-order valence-corrected chi connectivity index (χ4v) is 2.55. The number of anilines is 1. The summed E-state index contributed by atoms with van der Waals surface area (Å²) in [5.74, 6) is 0.816. The minimum atomic E-state index is -0.745. The summed E-state index contributed by atoms with van der Waals surface area (Å²) in [5.41, 5.74) is 8.36. The van der Waals surface area contributed by atoms with Gasteiger partial charge in [0, 0.05) is 5.69 Å². The van der Waals surface area contributed by atoms with Crippen LogP contribution in [0.2, 0.25) is 0 Å². The molecule has 3 N–H and O–H groups in total. The summed E-state index contributed by atoms with van der Waals surface area (Å²) in [5, 5.41) is 3.35. The van der Waals surface area contributed by atoms with Crippen molar-refractivity contribution in [1.29, 1.82) is 0 Å². The van der Waals surface area contributed by atoms with Crippen molar-refractivity contribution in [3.8, 4) is 11.5 Å². The minimum absolute atomic E-state index is 0.141. The number of para-hydroxylation sites is 2. The Morgan fingerprint density at radius 2 is 1.84 bits per heavy atom. The van der Waals surface area contributed by atoms with E-state index in [2.05, 4.69) is 16.2 Å². The molecule has 2 aromatic carbocycles. The van der Waals surface area contributed by atoms with E-state index in [1.165, 1.54) is 0 Å². The van der Waals surface area contributed by atoms with Crippen molar-refractivity contribution < 1.29 is 14.3 Å². The maximum absolute atomic E-state index is 12.2. The average Bonchev–Trinajstić information content (AvgIpc) is 2.63. The summed E-state index contributed by atoms with van der Waals surface area (Å²) < 4.78 is 11.2. The molecule has 7 heteroatoms. The predicted molar refractivity (Wildman–Crippen MR) is 99.8 cm³/mol. The van der Waals surface area contributed by atoms with Gasteiger partial charge in [-0.3, -0.25) is 15.6 Å². The molecule has 0 saturated heterocycles. The summed E-state index contributed by atoms with van der Waals surface area (Å²) in [7, 11) is 0. The van der Waals surface area contributed by atoms with Crippen LogP contribution >= 0.6 is 12.2 Å². The molecule has 1 aliphatic heterocycles. The maximum Gasteiger partial charge on any atom is 0.283 e. The van der Waals surface area contributed by atoms with Gasteiger partial charge in [0.1, 0.15) is 6.61 Å². The van der Waals surface area contributed by atoms with Gasteiger partial charge in [-0.25, -0.2) is 0 Å². The van der Waals surface area contributed by atoms with E-state index in [-0.39, 0.29) is 12.5 Å². The monoisotopic (exact) mass is 357 g/mol. The van der Waals surface area contributed by atoms with Crippen LogP contribution in [0.5, 0.6) is 11.5 Å². The number of fused-ring (bicyclic) bond motifs is 1. The van der Waals surface area contributed by atoms with E-state index in [0.29, 0.717) is 16.6 Å². The summed E-state index contributed by atoms with van der Waals surface area (Å²) in [4.78, 5) is 12.2. The number of nitrogens with one attached hydrogen (secondary N) is 3. The first-order chi connectivity index (χ1) is 12.0. The molecule has 0 fully saturated rings. The lowest BCUT2D eigenvalue weighted by Gasteiger charge is -2.25. The van der Waals surface area contributed by atoms with Crippen molar-refractivity contribution in [2.75, 3.05) is 11.9 Å². The second kappa shape index (κ2) is 7.40. The van der Waals surface area contributed by atoms with Crippen molar-refractivity contribution in [3.63, 3.8) is 0 Å². The zero-order valence-electron chi connectivity index (χ0n) is 14.0. The highest BCUT2D eigenvalue weighted by atomic mass is 32.1. The SMILES string of the molecule is Cc1cccc(NC(=S)NNC(=O)[C@@H]2COc3ccccc3O2)c1C. The van der Waals surface area contributed by atoms with Crippen LogP contribution in [0.15, 0.2) is 42.5 Å². The second-order valence-corrected chi connectivity index (χ2v) is 6.09.